The third kappa shape index (κ3) is 6.13. The highest BCUT2D eigenvalue weighted by Gasteiger charge is 2.38. The summed E-state index contributed by atoms with van der Waals surface area (Å²) in [5.41, 5.74) is 1.89. The van der Waals surface area contributed by atoms with Gasteiger partial charge in [0.25, 0.3) is 5.91 Å². The number of hydrogen-bond donors (Lipinski definition) is 3. The fourth-order valence-corrected chi connectivity index (χ4v) is 3.47. The summed E-state index contributed by atoms with van der Waals surface area (Å²) in [6.07, 6.45) is 12.7. The first-order chi connectivity index (χ1) is 16.4. The van der Waals surface area contributed by atoms with Gasteiger partial charge in [0, 0.05) is 6.42 Å². The first kappa shape index (κ1) is 24.3. The van der Waals surface area contributed by atoms with Crippen molar-refractivity contribution in [2.45, 2.75) is 19.4 Å². The van der Waals surface area contributed by atoms with Crippen molar-refractivity contribution in [2.75, 3.05) is 7.11 Å². The first-order valence-corrected chi connectivity index (χ1v) is 10.8. The summed E-state index contributed by atoms with van der Waals surface area (Å²) in [7, 11) is 1.58. The van der Waals surface area contributed by atoms with Gasteiger partial charge in [0.05, 0.1) is 13.2 Å². The van der Waals surface area contributed by atoms with Crippen molar-refractivity contribution in [1.29, 1.82) is 0 Å². The zero-order valence-electron chi connectivity index (χ0n) is 19.1. The summed E-state index contributed by atoms with van der Waals surface area (Å²) in [5, 5.41) is 22.9. The zero-order chi connectivity index (χ0) is 24.5. The fraction of sp³-hybridized carbons (Fsp3) is 0.143. The van der Waals surface area contributed by atoms with Crippen LogP contribution in [0.5, 0.6) is 11.5 Å². The Balaban J connectivity index is 1.92. The van der Waals surface area contributed by atoms with Crippen molar-refractivity contribution in [3.8, 4) is 11.5 Å². The third-order valence-electron chi connectivity index (χ3n) is 5.24. The molecule has 2 aromatic rings. The number of aliphatic hydroxyl groups excluding tert-OH is 1. The molecule has 6 nitrogen and oxygen atoms in total. The molecule has 1 fully saturated rings. The Hall–Kier alpha value is -4.32. The molecule has 0 spiro atoms. The number of carbonyl (C=O) groups is 2. The number of aliphatic hydroxyl groups is 1. The van der Waals surface area contributed by atoms with Gasteiger partial charge in [-0.2, -0.15) is 0 Å². The SMILES string of the molecule is C/C=C/C=C/C=C/C(=C\C(O)=C1\C(=O)N[C@@H](Cc2ccc(O)cc2)C1=O)c1ccc(OC)cc1. The summed E-state index contributed by atoms with van der Waals surface area (Å²) < 4.78 is 5.21. The highest BCUT2D eigenvalue weighted by atomic mass is 16.5. The quantitative estimate of drug-likeness (QED) is 0.233. The van der Waals surface area contributed by atoms with E-state index < -0.39 is 23.5 Å². The molecule has 1 aliphatic heterocycles. The van der Waals surface area contributed by atoms with Gasteiger partial charge in [-0.05, 0) is 54.0 Å². The van der Waals surface area contributed by atoms with Crippen LogP contribution in [0.25, 0.3) is 5.57 Å². The van der Waals surface area contributed by atoms with Crippen LogP contribution < -0.4 is 10.1 Å². The maximum absolute atomic E-state index is 12.9. The van der Waals surface area contributed by atoms with E-state index in [4.69, 9.17) is 4.74 Å². The number of phenols is 1. The van der Waals surface area contributed by atoms with Crippen LogP contribution in [0.2, 0.25) is 0 Å². The van der Waals surface area contributed by atoms with Gasteiger partial charge in [0.2, 0.25) is 0 Å². The van der Waals surface area contributed by atoms with Gasteiger partial charge in [0.15, 0.2) is 5.78 Å². The lowest BCUT2D eigenvalue weighted by molar-refractivity contribution is -0.117. The van der Waals surface area contributed by atoms with E-state index in [2.05, 4.69) is 5.32 Å². The Bertz CT molecular complexity index is 1180. The predicted octanol–water partition coefficient (Wildman–Crippen LogP) is 4.60. The number of benzene rings is 2. The summed E-state index contributed by atoms with van der Waals surface area (Å²) in [6, 6.07) is 12.9. The Kier molecular flexibility index (Phi) is 8.24. The van der Waals surface area contributed by atoms with Gasteiger partial charge in [-0.25, -0.2) is 0 Å². The highest BCUT2D eigenvalue weighted by Crippen LogP contribution is 2.24. The lowest BCUT2D eigenvalue weighted by Crippen LogP contribution is -2.31. The fourth-order valence-electron chi connectivity index (χ4n) is 3.47. The average molecular weight is 458 g/mol. The maximum Gasteiger partial charge on any atom is 0.259 e. The topological polar surface area (TPSA) is 95.9 Å². The molecule has 0 saturated carbocycles. The van der Waals surface area contributed by atoms with E-state index in [1.165, 1.54) is 18.2 Å². The Morgan fingerprint density at radius 2 is 1.68 bits per heavy atom. The molecule has 6 heteroatoms. The number of Topliss-reactive ketones (excluding diaryl/α,β-unsaturated/α-hetero) is 1. The Morgan fingerprint density at radius 3 is 2.32 bits per heavy atom. The van der Waals surface area contributed by atoms with E-state index in [-0.39, 0.29) is 17.7 Å². The van der Waals surface area contributed by atoms with Crippen molar-refractivity contribution in [3.05, 3.63) is 114 Å². The Labute approximate surface area is 198 Å². The van der Waals surface area contributed by atoms with Crippen LogP contribution in [0.4, 0.5) is 0 Å². The molecule has 1 heterocycles. The van der Waals surface area contributed by atoms with Gasteiger partial charge in [-0.3, -0.25) is 9.59 Å². The standard InChI is InChI=1S/C28H27NO5/c1-3-4-5-6-7-8-21(20-11-15-23(34-2)16-12-20)18-25(31)26-27(32)24(29-28(26)33)17-19-9-13-22(30)14-10-19/h3-16,18,24,30-31H,17H2,1-2H3,(H,29,33)/b4-3+,6-5+,8-7+,21-18+,26-25-/t24-/m0/s1. The average Bonchev–Trinajstić information content (AvgIpc) is 3.12. The molecule has 0 aliphatic carbocycles. The lowest BCUT2D eigenvalue weighted by Gasteiger charge is -2.08. The smallest absolute Gasteiger partial charge is 0.259 e. The molecule has 3 rings (SSSR count). The molecule has 2 aromatic carbocycles. The molecule has 3 N–H and O–H groups in total. The minimum atomic E-state index is -0.786. The number of aromatic hydroxyl groups is 1. The number of hydrogen-bond acceptors (Lipinski definition) is 5. The summed E-state index contributed by atoms with van der Waals surface area (Å²) in [6.45, 7) is 1.92. The highest BCUT2D eigenvalue weighted by molar-refractivity contribution is 6.27. The number of nitrogens with one attached hydrogen (secondary N) is 1. The molecular formula is C28H27NO5. The van der Waals surface area contributed by atoms with Crippen LogP contribution in [-0.4, -0.2) is 35.1 Å². The lowest BCUT2D eigenvalue weighted by atomic mass is 9.99. The largest absolute Gasteiger partial charge is 0.508 e. The molecule has 0 bridgehead atoms. The van der Waals surface area contributed by atoms with Crippen molar-refractivity contribution >= 4 is 17.3 Å². The molecule has 1 saturated heterocycles. The van der Waals surface area contributed by atoms with Crippen molar-refractivity contribution in [3.63, 3.8) is 0 Å². The van der Waals surface area contributed by atoms with E-state index in [0.29, 0.717) is 11.3 Å². The van der Waals surface area contributed by atoms with Gasteiger partial charge in [0.1, 0.15) is 22.8 Å². The second-order valence-electron chi connectivity index (χ2n) is 7.62. The molecule has 1 amide bonds. The molecule has 34 heavy (non-hydrogen) atoms. The normalized spacial score (nSPS) is 18.3. The molecule has 174 valence electrons. The van der Waals surface area contributed by atoms with Crippen LogP contribution in [0, 0.1) is 0 Å². The van der Waals surface area contributed by atoms with Crippen LogP contribution in [0.1, 0.15) is 18.1 Å². The van der Waals surface area contributed by atoms with Crippen molar-refractivity contribution < 1.29 is 24.5 Å². The number of ether oxygens (including phenoxy) is 1. The number of amides is 1. The van der Waals surface area contributed by atoms with E-state index >= 15 is 0 Å². The monoisotopic (exact) mass is 457 g/mol. The molecule has 1 aliphatic rings. The van der Waals surface area contributed by atoms with E-state index in [1.54, 1.807) is 43.5 Å². The van der Waals surface area contributed by atoms with Crippen LogP contribution in [0.3, 0.4) is 0 Å². The summed E-state index contributed by atoms with van der Waals surface area (Å²) in [5.74, 6) is -0.686. The Morgan fingerprint density at radius 1 is 1.00 bits per heavy atom. The maximum atomic E-state index is 12.9. The minimum Gasteiger partial charge on any atom is -0.508 e. The van der Waals surface area contributed by atoms with Gasteiger partial charge >= 0.3 is 0 Å². The van der Waals surface area contributed by atoms with Crippen molar-refractivity contribution in [2.24, 2.45) is 0 Å². The van der Waals surface area contributed by atoms with Crippen LogP contribution in [0.15, 0.2) is 102 Å². The number of phenolic OH excluding ortho intramolecular Hbond substituents is 1. The summed E-state index contributed by atoms with van der Waals surface area (Å²) in [4.78, 5) is 25.5. The number of allylic oxidation sites excluding steroid dienone is 8. The second kappa shape index (κ2) is 11.5. The third-order valence-corrected chi connectivity index (χ3v) is 5.24. The second-order valence-corrected chi connectivity index (χ2v) is 7.62. The van der Waals surface area contributed by atoms with Crippen LogP contribution >= 0.6 is 0 Å². The number of ketones is 1. The molecule has 1 atom stereocenters. The number of methoxy groups -OCH3 is 1. The minimum absolute atomic E-state index is 0.119. The van der Waals surface area contributed by atoms with Crippen molar-refractivity contribution in [1.82, 2.24) is 5.32 Å². The molecule has 0 radical (unpaired) electrons. The predicted molar refractivity (Wildman–Crippen MR) is 132 cm³/mol. The van der Waals surface area contributed by atoms with Gasteiger partial charge in [-0.1, -0.05) is 60.7 Å². The van der Waals surface area contributed by atoms with E-state index in [1.807, 2.05) is 43.4 Å². The van der Waals surface area contributed by atoms with Gasteiger partial charge in [-0.15, -0.1) is 0 Å². The van der Waals surface area contributed by atoms with Gasteiger partial charge < -0.3 is 20.3 Å². The molecular weight excluding hydrogens is 430 g/mol. The van der Waals surface area contributed by atoms with E-state index in [0.717, 1.165) is 11.1 Å². The van der Waals surface area contributed by atoms with Crippen LogP contribution in [-0.2, 0) is 16.0 Å². The first-order valence-electron chi connectivity index (χ1n) is 10.8. The summed E-state index contributed by atoms with van der Waals surface area (Å²) >= 11 is 0. The number of carbonyl (C=O) groups excluding carboxylic acids is 2. The number of rotatable bonds is 8. The zero-order valence-corrected chi connectivity index (χ0v) is 19.1. The molecule has 0 aromatic heterocycles. The molecule has 0 unspecified atom stereocenters. The van der Waals surface area contributed by atoms with E-state index in [9.17, 15) is 19.8 Å².